The second kappa shape index (κ2) is 6.55. The first kappa shape index (κ1) is 14.6. The summed E-state index contributed by atoms with van der Waals surface area (Å²) >= 11 is 0. The third-order valence-electron chi connectivity index (χ3n) is 4.01. The van der Waals surface area contributed by atoms with Crippen molar-refractivity contribution < 1.29 is 14.7 Å². The van der Waals surface area contributed by atoms with Gasteiger partial charge in [0.2, 0.25) is 5.91 Å². The quantitative estimate of drug-likeness (QED) is 0.868. The maximum Gasteiger partial charge on any atom is 0.306 e. The average Bonchev–Trinajstić information content (AvgIpc) is 2.88. The number of amides is 1. The molecule has 1 aliphatic rings. The number of nitrogens with one attached hydrogen (secondary N) is 1. The number of carboxylic acid groups (broad SMARTS) is 1. The van der Waals surface area contributed by atoms with Crippen molar-refractivity contribution in [1.29, 1.82) is 0 Å². The van der Waals surface area contributed by atoms with E-state index in [2.05, 4.69) is 5.32 Å². The molecule has 2 N–H and O–H groups in total. The molecule has 1 fully saturated rings. The van der Waals surface area contributed by atoms with Gasteiger partial charge < -0.3 is 10.4 Å². The molecule has 3 atom stereocenters. The Bertz CT molecular complexity index is 472. The van der Waals surface area contributed by atoms with Gasteiger partial charge in [0.15, 0.2) is 0 Å². The summed E-state index contributed by atoms with van der Waals surface area (Å²) in [4.78, 5) is 22.9. The van der Waals surface area contributed by atoms with Gasteiger partial charge in [0.25, 0.3) is 0 Å². The zero-order chi connectivity index (χ0) is 14.5. The Morgan fingerprint density at radius 3 is 2.60 bits per heavy atom. The molecule has 1 amide bonds. The Morgan fingerprint density at radius 1 is 1.30 bits per heavy atom. The fourth-order valence-electron chi connectivity index (χ4n) is 2.80. The molecule has 0 bridgehead atoms. The normalized spacial score (nSPS) is 23.2. The van der Waals surface area contributed by atoms with Crippen LogP contribution in [0.5, 0.6) is 0 Å². The number of hydrogen-bond acceptors (Lipinski definition) is 2. The SMILES string of the molecule is CC(CC(=O)NC1CCC(C(=O)O)C1)c1ccccc1. The Balaban J connectivity index is 1.80. The highest BCUT2D eigenvalue weighted by Gasteiger charge is 2.30. The first-order valence-electron chi connectivity index (χ1n) is 7.13. The molecule has 0 heterocycles. The molecule has 4 heteroatoms. The number of benzene rings is 1. The van der Waals surface area contributed by atoms with Crippen LogP contribution in [0.25, 0.3) is 0 Å². The van der Waals surface area contributed by atoms with Gasteiger partial charge in [0.1, 0.15) is 0 Å². The lowest BCUT2D eigenvalue weighted by Crippen LogP contribution is -2.33. The minimum absolute atomic E-state index is 0.0115. The molecule has 108 valence electrons. The second-order valence-electron chi connectivity index (χ2n) is 5.63. The number of hydrogen-bond donors (Lipinski definition) is 2. The van der Waals surface area contributed by atoms with E-state index in [9.17, 15) is 9.59 Å². The van der Waals surface area contributed by atoms with Crippen molar-refractivity contribution in [2.75, 3.05) is 0 Å². The predicted octanol–water partition coefficient (Wildman–Crippen LogP) is 2.55. The largest absolute Gasteiger partial charge is 0.481 e. The molecule has 2 rings (SSSR count). The predicted molar refractivity (Wildman–Crippen MR) is 76.4 cm³/mol. The summed E-state index contributed by atoms with van der Waals surface area (Å²) in [6.45, 7) is 2.03. The summed E-state index contributed by atoms with van der Waals surface area (Å²) in [5, 5.41) is 11.9. The first-order valence-corrected chi connectivity index (χ1v) is 7.13. The van der Waals surface area contributed by atoms with Crippen LogP contribution in [0.3, 0.4) is 0 Å². The number of carboxylic acids is 1. The van der Waals surface area contributed by atoms with E-state index in [1.54, 1.807) is 0 Å². The smallest absolute Gasteiger partial charge is 0.306 e. The molecule has 0 saturated heterocycles. The van der Waals surface area contributed by atoms with Crippen LogP contribution < -0.4 is 5.32 Å². The first-order chi connectivity index (χ1) is 9.56. The van der Waals surface area contributed by atoms with Crippen LogP contribution in [0, 0.1) is 5.92 Å². The van der Waals surface area contributed by atoms with E-state index in [1.165, 1.54) is 0 Å². The Labute approximate surface area is 119 Å². The van der Waals surface area contributed by atoms with Crippen molar-refractivity contribution in [1.82, 2.24) is 5.32 Å². The standard InChI is InChI=1S/C16H21NO3/c1-11(12-5-3-2-4-6-12)9-15(18)17-14-8-7-13(10-14)16(19)20/h2-6,11,13-14H,7-10H2,1H3,(H,17,18)(H,19,20). The molecule has 1 saturated carbocycles. The lowest BCUT2D eigenvalue weighted by Gasteiger charge is -2.15. The van der Waals surface area contributed by atoms with Crippen LogP contribution >= 0.6 is 0 Å². The minimum Gasteiger partial charge on any atom is -0.481 e. The van der Waals surface area contributed by atoms with Crippen LogP contribution in [-0.4, -0.2) is 23.0 Å². The van der Waals surface area contributed by atoms with Crippen LogP contribution in [0.4, 0.5) is 0 Å². The Hall–Kier alpha value is -1.84. The number of carbonyl (C=O) groups excluding carboxylic acids is 1. The third-order valence-corrected chi connectivity index (χ3v) is 4.01. The molecule has 1 aromatic rings. The van der Waals surface area contributed by atoms with Gasteiger partial charge in [-0.15, -0.1) is 0 Å². The highest BCUT2D eigenvalue weighted by atomic mass is 16.4. The number of carbonyl (C=O) groups is 2. The van der Waals surface area contributed by atoms with Crippen molar-refractivity contribution in [2.45, 2.75) is 44.6 Å². The fourth-order valence-corrected chi connectivity index (χ4v) is 2.80. The molecule has 0 aromatic heterocycles. The lowest BCUT2D eigenvalue weighted by molar-refractivity contribution is -0.141. The van der Waals surface area contributed by atoms with Gasteiger partial charge in [0, 0.05) is 12.5 Å². The monoisotopic (exact) mass is 275 g/mol. The van der Waals surface area contributed by atoms with Crippen LogP contribution in [0.2, 0.25) is 0 Å². The topological polar surface area (TPSA) is 66.4 Å². The molecule has 3 unspecified atom stereocenters. The van der Waals surface area contributed by atoms with E-state index in [0.29, 0.717) is 19.3 Å². The molecule has 0 spiro atoms. The van der Waals surface area contributed by atoms with E-state index in [4.69, 9.17) is 5.11 Å². The summed E-state index contributed by atoms with van der Waals surface area (Å²) < 4.78 is 0. The van der Waals surface area contributed by atoms with Gasteiger partial charge in [-0.1, -0.05) is 37.3 Å². The van der Waals surface area contributed by atoms with Crippen molar-refractivity contribution in [3.8, 4) is 0 Å². The van der Waals surface area contributed by atoms with Gasteiger partial charge in [-0.25, -0.2) is 0 Å². The summed E-state index contributed by atoms with van der Waals surface area (Å²) in [5.41, 5.74) is 1.15. The summed E-state index contributed by atoms with van der Waals surface area (Å²) in [7, 11) is 0. The van der Waals surface area contributed by atoms with Gasteiger partial charge in [-0.2, -0.15) is 0 Å². The molecular formula is C16H21NO3. The molecule has 0 aliphatic heterocycles. The maximum atomic E-state index is 12.0. The molecule has 1 aromatic carbocycles. The van der Waals surface area contributed by atoms with Crippen molar-refractivity contribution in [3.63, 3.8) is 0 Å². The lowest BCUT2D eigenvalue weighted by atomic mass is 9.97. The molecule has 4 nitrogen and oxygen atoms in total. The maximum absolute atomic E-state index is 12.0. The molecule has 1 aliphatic carbocycles. The highest BCUT2D eigenvalue weighted by molar-refractivity contribution is 5.77. The van der Waals surface area contributed by atoms with Crippen LogP contribution in [0.15, 0.2) is 30.3 Å². The zero-order valence-electron chi connectivity index (χ0n) is 11.7. The summed E-state index contributed by atoms with van der Waals surface area (Å²) in [5.74, 6) is -0.864. The summed E-state index contributed by atoms with van der Waals surface area (Å²) in [6.07, 6.45) is 2.43. The summed E-state index contributed by atoms with van der Waals surface area (Å²) in [6, 6.07) is 9.96. The van der Waals surface area contributed by atoms with E-state index in [0.717, 1.165) is 12.0 Å². The minimum atomic E-state index is -0.751. The van der Waals surface area contributed by atoms with Crippen LogP contribution in [-0.2, 0) is 9.59 Å². The number of aliphatic carboxylic acids is 1. The third kappa shape index (κ3) is 3.83. The van der Waals surface area contributed by atoms with Gasteiger partial charge in [0.05, 0.1) is 5.92 Å². The molecule has 0 radical (unpaired) electrons. The van der Waals surface area contributed by atoms with E-state index >= 15 is 0 Å². The van der Waals surface area contributed by atoms with E-state index < -0.39 is 5.97 Å². The Morgan fingerprint density at radius 2 is 2.00 bits per heavy atom. The number of rotatable bonds is 5. The molecular weight excluding hydrogens is 254 g/mol. The highest BCUT2D eigenvalue weighted by Crippen LogP contribution is 2.26. The van der Waals surface area contributed by atoms with Crippen LogP contribution in [0.1, 0.15) is 44.1 Å². The average molecular weight is 275 g/mol. The van der Waals surface area contributed by atoms with Gasteiger partial charge in [-0.3, -0.25) is 9.59 Å². The van der Waals surface area contributed by atoms with Crippen molar-refractivity contribution in [3.05, 3.63) is 35.9 Å². The van der Waals surface area contributed by atoms with Crippen molar-refractivity contribution in [2.24, 2.45) is 5.92 Å². The van der Waals surface area contributed by atoms with Gasteiger partial charge in [-0.05, 0) is 30.7 Å². The Kier molecular flexibility index (Phi) is 4.77. The second-order valence-corrected chi connectivity index (χ2v) is 5.63. The van der Waals surface area contributed by atoms with E-state index in [-0.39, 0.29) is 23.8 Å². The van der Waals surface area contributed by atoms with E-state index in [1.807, 2.05) is 37.3 Å². The van der Waals surface area contributed by atoms with Gasteiger partial charge >= 0.3 is 5.97 Å². The van der Waals surface area contributed by atoms with Crippen molar-refractivity contribution >= 4 is 11.9 Å². The fraction of sp³-hybridized carbons (Fsp3) is 0.500. The molecule has 20 heavy (non-hydrogen) atoms. The zero-order valence-corrected chi connectivity index (χ0v) is 11.7.